The van der Waals surface area contributed by atoms with Crippen LogP contribution in [0.2, 0.25) is 0 Å². The standard InChI is InChI=1S/C6H16N4O2/c7-9-5(11)3-1-2-4-6(12)10-8/h5,9,11H,1-4,7-8H2,(H,10,12). The Kier molecular flexibility index (Phi) is 6.58. The highest BCUT2D eigenvalue weighted by atomic mass is 16.3. The summed E-state index contributed by atoms with van der Waals surface area (Å²) in [6.07, 6.45) is 1.66. The second-order valence-corrected chi connectivity index (χ2v) is 2.50. The first-order valence-corrected chi connectivity index (χ1v) is 3.84. The molecule has 1 unspecified atom stereocenters. The highest BCUT2D eigenvalue weighted by Gasteiger charge is 2.01. The maximum atomic E-state index is 10.6. The number of carbonyl (C=O) groups excluding carboxylic acids is 1. The second-order valence-electron chi connectivity index (χ2n) is 2.50. The van der Waals surface area contributed by atoms with E-state index in [0.29, 0.717) is 19.3 Å². The molecule has 0 heterocycles. The maximum Gasteiger partial charge on any atom is 0.233 e. The fourth-order valence-electron chi connectivity index (χ4n) is 0.779. The van der Waals surface area contributed by atoms with Crippen molar-refractivity contribution in [2.24, 2.45) is 11.7 Å². The lowest BCUT2D eigenvalue weighted by atomic mass is 10.2. The molecule has 0 aliphatic carbocycles. The van der Waals surface area contributed by atoms with Gasteiger partial charge in [0.2, 0.25) is 5.91 Å². The van der Waals surface area contributed by atoms with Crippen molar-refractivity contribution in [2.75, 3.05) is 0 Å². The molecule has 0 aliphatic heterocycles. The predicted octanol–water partition coefficient (Wildman–Crippen LogP) is -1.68. The fourth-order valence-corrected chi connectivity index (χ4v) is 0.779. The van der Waals surface area contributed by atoms with Crippen LogP contribution in [0.5, 0.6) is 0 Å². The zero-order chi connectivity index (χ0) is 9.40. The number of rotatable bonds is 6. The van der Waals surface area contributed by atoms with Gasteiger partial charge in [-0.05, 0) is 19.3 Å². The molecule has 0 aromatic carbocycles. The van der Waals surface area contributed by atoms with Crippen molar-refractivity contribution in [1.82, 2.24) is 10.9 Å². The number of unbranched alkanes of at least 4 members (excludes halogenated alkanes) is 1. The van der Waals surface area contributed by atoms with Gasteiger partial charge in [0.25, 0.3) is 0 Å². The summed E-state index contributed by atoms with van der Waals surface area (Å²) in [7, 11) is 0. The lowest BCUT2D eigenvalue weighted by Gasteiger charge is -2.07. The molecule has 0 rings (SSSR count). The molecule has 0 aromatic rings. The first kappa shape index (κ1) is 11.3. The van der Waals surface area contributed by atoms with E-state index in [1.807, 2.05) is 5.43 Å². The van der Waals surface area contributed by atoms with E-state index >= 15 is 0 Å². The number of hydrogen-bond donors (Lipinski definition) is 5. The van der Waals surface area contributed by atoms with Crippen molar-refractivity contribution in [2.45, 2.75) is 31.9 Å². The molecule has 6 nitrogen and oxygen atoms in total. The van der Waals surface area contributed by atoms with E-state index in [-0.39, 0.29) is 5.91 Å². The first-order valence-electron chi connectivity index (χ1n) is 3.84. The summed E-state index contributed by atoms with van der Waals surface area (Å²) in [5, 5.41) is 8.92. The van der Waals surface area contributed by atoms with Crippen LogP contribution in [0.1, 0.15) is 25.7 Å². The summed E-state index contributed by atoms with van der Waals surface area (Å²) in [6, 6.07) is 0. The maximum absolute atomic E-state index is 10.6. The molecule has 7 N–H and O–H groups in total. The second kappa shape index (κ2) is 6.99. The quantitative estimate of drug-likeness (QED) is 0.109. The topological polar surface area (TPSA) is 113 Å². The predicted molar refractivity (Wildman–Crippen MR) is 44.1 cm³/mol. The van der Waals surface area contributed by atoms with E-state index < -0.39 is 6.23 Å². The van der Waals surface area contributed by atoms with Crippen LogP contribution < -0.4 is 22.5 Å². The summed E-state index contributed by atoms with van der Waals surface area (Å²) < 4.78 is 0. The Bertz CT molecular complexity index is 131. The third-order valence-electron chi connectivity index (χ3n) is 1.48. The van der Waals surface area contributed by atoms with E-state index in [1.165, 1.54) is 0 Å². The molecule has 6 heteroatoms. The molecule has 1 amide bonds. The fraction of sp³-hybridized carbons (Fsp3) is 0.833. The molecule has 12 heavy (non-hydrogen) atoms. The molecule has 0 aromatic heterocycles. The summed E-state index contributed by atoms with van der Waals surface area (Å²) in [5.74, 6) is 9.61. The Hall–Kier alpha value is -0.690. The van der Waals surface area contributed by atoms with Gasteiger partial charge in [-0.25, -0.2) is 11.3 Å². The number of carbonyl (C=O) groups is 1. The van der Waals surface area contributed by atoms with Gasteiger partial charge < -0.3 is 5.11 Å². The number of amides is 1. The monoisotopic (exact) mass is 176 g/mol. The van der Waals surface area contributed by atoms with Gasteiger partial charge in [-0.1, -0.05) is 0 Å². The van der Waals surface area contributed by atoms with E-state index in [9.17, 15) is 4.79 Å². The molecule has 0 aliphatic rings. The molecule has 0 radical (unpaired) electrons. The molecule has 0 saturated heterocycles. The lowest BCUT2D eigenvalue weighted by molar-refractivity contribution is -0.121. The van der Waals surface area contributed by atoms with E-state index in [2.05, 4.69) is 5.43 Å². The van der Waals surface area contributed by atoms with Crippen LogP contribution in [-0.4, -0.2) is 17.2 Å². The van der Waals surface area contributed by atoms with E-state index in [4.69, 9.17) is 16.8 Å². The molecule has 0 spiro atoms. The van der Waals surface area contributed by atoms with Crippen molar-refractivity contribution < 1.29 is 9.90 Å². The highest BCUT2D eigenvalue weighted by molar-refractivity contribution is 5.74. The molecule has 0 bridgehead atoms. The van der Waals surface area contributed by atoms with E-state index in [1.54, 1.807) is 0 Å². The normalized spacial score (nSPS) is 12.6. The Labute approximate surface area is 71.2 Å². The summed E-state index contributed by atoms with van der Waals surface area (Å²) in [5.41, 5.74) is 4.22. The van der Waals surface area contributed by atoms with Crippen molar-refractivity contribution in [1.29, 1.82) is 0 Å². The van der Waals surface area contributed by atoms with Crippen LogP contribution in [0.4, 0.5) is 0 Å². The van der Waals surface area contributed by atoms with Crippen molar-refractivity contribution in [3.63, 3.8) is 0 Å². The van der Waals surface area contributed by atoms with Crippen LogP contribution >= 0.6 is 0 Å². The van der Waals surface area contributed by atoms with Gasteiger partial charge in [-0.2, -0.15) is 0 Å². The van der Waals surface area contributed by atoms with Crippen molar-refractivity contribution >= 4 is 5.91 Å². The van der Waals surface area contributed by atoms with Gasteiger partial charge in [-0.3, -0.25) is 16.1 Å². The highest BCUT2D eigenvalue weighted by Crippen LogP contribution is 2.00. The molecule has 1 atom stereocenters. The average Bonchev–Trinajstić information content (AvgIpc) is 2.11. The third-order valence-corrected chi connectivity index (χ3v) is 1.48. The van der Waals surface area contributed by atoms with Gasteiger partial charge in [0, 0.05) is 6.42 Å². The zero-order valence-electron chi connectivity index (χ0n) is 6.92. The SMILES string of the molecule is NNC(=O)CCCCC(O)NN. The summed E-state index contributed by atoms with van der Waals surface area (Å²) in [6.45, 7) is 0. The minimum absolute atomic E-state index is 0.190. The minimum atomic E-state index is -0.689. The molecule has 0 saturated carbocycles. The third kappa shape index (κ3) is 6.05. The lowest BCUT2D eigenvalue weighted by Crippen LogP contribution is -2.34. The Morgan fingerprint density at radius 1 is 1.42 bits per heavy atom. The number of nitrogens with two attached hydrogens (primary N) is 2. The number of nitrogens with one attached hydrogen (secondary N) is 2. The molecule has 0 fully saturated rings. The van der Waals surface area contributed by atoms with Crippen LogP contribution in [0.15, 0.2) is 0 Å². The van der Waals surface area contributed by atoms with Crippen LogP contribution in [0.3, 0.4) is 0 Å². The molecule has 72 valence electrons. The van der Waals surface area contributed by atoms with Gasteiger partial charge in [0.05, 0.1) is 0 Å². The summed E-state index contributed by atoms with van der Waals surface area (Å²) in [4.78, 5) is 10.6. The number of aliphatic hydroxyl groups excluding tert-OH is 1. The molecular weight excluding hydrogens is 160 g/mol. The van der Waals surface area contributed by atoms with Crippen LogP contribution in [0, 0.1) is 0 Å². The van der Waals surface area contributed by atoms with Crippen LogP contribution in [-0.2, 0) is 4.79 Å². The number of hydrogen-bond acceptors (Lipinski definition) is 5. The number of aliphatic hydroxyl groups is 1. The van der Waals surface area contributed by atoms with Crippen LogP contribution in [0.25, 0.3) is 0 Å². The zero-order valence-corrected chi connectivity index (χ0v) is 6.92. The van der Waals surface area contributed by atoms with Gasteiger partial charge in [-0.15, -0.1) is 0 Å². The van der Waals surface area contributed by atoms with Crippen molar-refractivity contribution in [3.8, 4) is 0 Å². The average molecular weight is 176 g/mol. The molecular formula is C6H16N4O2. The Balaban J connectivity index is 3.15. The Morgan fingerprint density at radius 2 is 2.08 bits per heavy atom. The first-order chi connectivity index (χ1) is 5.70. The Morgan fingerprint density at radius 3 is 2.58 bits per heavy atom. The van der Waals surface area contributed by atoms with Gasteiger partial charge in [0.15, 0.2) is 0 Å². The smallest absolute Gasteiger partial charge is 0.233 e. The minimum Gasteiger partial charge on any atom is -0.377 e. The summed E-state index contributed by atoms with van der Waals surface area (Å²) >= 11 is 0. The van der Waals surface area contributed by atoms with Gasteiger partial charge in [0.1, 0.15) is 6.23 Å². The largest absolute Gasteiger partial charge is 0.377 e. The van der Waals surface area contributed by atoms with Gasteiger partial charge >= 0.3 is 0 Å². The van der Waals surface area contributed by atoms with E-state index in [0.717, 1.165) is 6.42 Å². The number of hydrazine groups is 2. The van der Waals surface area contributed by atoms with Crippen molar-refractivity contribution in [3.05, 3.63) is 0 Å².